The fraction of sp³-hybridized carbons (Fsp3) is 0.646. The molecule has 8 rings (SSSR count). The first kappa shape index (κ1) is 47.4. The third kappa shape index (κ3) is 11.2. The summed E-state index contributed by atoms with van der Waals surface area (Å²) in [6.45, 7) is 9.75. The fourth-order valence-electron chi connectivity index (χ4n) is 10.9. The first-order valence-corrected chi connectivity index (χ1v) is 23.9. The van der Waals surface area contributed by atoms with E-state index in [-0.39, 0.29) is 65.9 Å². The van der Waals surface area contributed by atoms with E-state index in [4.69, 9.17) is 14.5 Å². The van der Waals surface area contributed by atoms with Crippen LogP contribution in [0.2, 0.25) is 0 Å². The molecule has 0 bridgehead atoms. The number of imidazole rings is 1. The van der Waals surface area contributed by atoms with Crippen LogP contribution in [0.15, 0.2) is 41.8 Å². The number of aromatic nitrogens is 2. The van der Waals surface area contributed by atoms with Crippen LogP contribution in [0.4, 0.5) is 22.8 Å². The van der Waals surface area contributed by atoms with Gasteiger partial charge in [-0.15, -0.1) is 13.2 Å². The van der Waals surface area contributed by atoms with Crippen LogP contribution >= 0.6 is 0 Å². The lowest BCUT2D eigenvalue weighted by Crippen LogP contribution is -2.56. The smallest absolute Gasteiger partial charge is 0.453 e. The molecule has 15 nitrogen and oxygen atoms in total. The number of benzene rings is 1. The van der Waals surface area contributed by atoms with E-state index in [9.17, 15) is 32.3 Å². The van der Waals surface area contributed by atoms with Crippen LogP contribution in [0.1, 0.15) is 101 Å². The van der Waals surface area contributed by atoms with Gasteiger partial charge >= 0.3 is 18.5 Å². The second kappa shape index (κ2) is 20.8. The number of urea groups is 1. The van der Waals surface area contributed by atoms with Gasteiger partial charge in [0, 0.05) is 101 Å². The molecule has 18 heteroatoms. The summed E-state index contributed by atoms with van der Waals surface area (Å²) in [6, 6.07) is 3.21. The van der Waals surface area contributed by atoms with Crippen LogP contribution in [-0.2, 0) is 30.2 Å². The number of carbonyl (C=O) groups is 4. The standard InChI is InChI=1S/C48H65F3N8O7/c1-4-5-6-42(60)57-17-13-35(14-18-57)56-19-21-58(22-20-56)46(62)52-34-9-11-36(41(27-34)66-48(49,50)51)32-7-10-37-33(26-32)8-12-38-44(37)55-45(53-38)40-25-30(2)29-59(40)43(61)28-39(54-47(63)64-3)31-15-23-65-24-16-31/h7-10,12,27,30-32,35-36,39-40H,4-6,11,13-26,28-29H2,1-3H3,(H,52,62)(H,53,55)(H,54,63)/t30-,32?,36?,39+,40-/m0/s1. The summed E-state index contributed by atoms with van der Waals surface area (Å²) in [5, 5.41) is 5.74. The highest BCUT2D eigenvalue weighted by atomic mass is 19.4. The molecule has 1 aromatic carbocycles. The molecule has 360 valence electrons. The topological polar surface area (TPSA) is 162 Å². The highest BCUT2D eigenvalue weighted by Crippen LogP contribution is 2.42. The number of rotatable bonds is 12. The van der Waals surface area contributed by atoms with E-state index in [1.807, 2.05) is 34.1 Å². The number of amides is 5. The molecule has 4 fully saturated rings. The van der Waals surface area contributed by atoms with Crippen LogP contribution in [-0.4, -0.2) is 138 Å². The molecule has 4 aliphatic heterocycles. The number of hydrogen-bond acceptors (Lipinski definition) is 9. The highest BCUT2D eigenvalue weighted by Gasteiger charge is 2.41. The molecule has 3 N–H and O–H groups in total. The molecular weight excluding hydrogens is 858 g/mol. The second-order valence-corrected chi connectivity index (χ2v) is 18.9. The Labute approximate surface area is 384 Å². The zero-order chi connectivity index (χ0) is 46.5. The van der Waals surface area contributed by atoms with Gasteiger partial charge in [0.2, 0.25) is 11.8 Å². The minimum absolute atomic E-state index is 0.0739. The normalized spacial score (nSPS) is 25.0. The maximum absolute atomic E-state index is 14.0. The number of hydrogen-bond donors (Lipinski definition) is 3. The zero-order valence-corrected chi connectivity index (χ0v) is 38.4. The van der Waals surface area contributed by atoms with E-state index >= 15 is 0 Å². The Balaban J connectivity index is 0.895. The minimum atomic E-state index is -4.92. The van der Waals surface area contributed by atoms with E-state index in [0.717, 1.165) is 73.8 Å². The molecule has 66 heavy (non-hydrogen) atoms. The molecule has 0 saturated carbocycles. The average Bonchev–Trinajstić information content (AvgIpc) is 3.94. The molecular formula is C48H65F3N8O7. The van der Waals surface area contributed by atoms with Crippen molar-refractivity contribution in [2.45, 2.75) is 109 Å². The van der Waals surface area contributed by atoms with Gasteiger partial charge in [-0.2, -0.15) is 0 Å². The van der Waals surface area contributed by atoms with Crippen molar-refractivity contribution in [1.29, 1.82) is 0 Å². The lowest BCUT2D eigenvalue weighted by Gasteiger charge is -2.42. The molecule has 4 saturated heterocycles. The van der Waals surface area contributed by atoms with Gasteiger partial charge in [0.1, 0.15) is 11.6 Å². The Hall–Kier alpha value is -5.10. The number of H-pyrrole nitrogens is 1. The maximum Gasteiger partial charge on any atom is 0.572 e. The maximum atomic E-state index is 14.0. The van der Waals surface area contributed by atoms with Crippen molar-refractivity contribution < 1.29 is 46.6 Å². The van der Waals surface area contributed by atoms with Gasteiger partial charge in [0.05, 0.1) is 24.2 Å². The number of piperazine rings is 1. The quantitative estimate of drug-likeness (QED) is 0.203. The number of fused-ring (bicyclic) bond motifs is 3. The number of nitrogens with zero attached hydrogens (tertiary/aromatic N) is 5. The van der Waals surface area contributed by atoms with Gasteiger partial charge in [0.25, 0.3) is 0 Å². The number of piperidine rings is 1. The summed E-state index contributed by atoms with van der Waals surface area (Å²) in [5.74, 6) is -0.0661. The monoisotopic (exact) mass is 922 g/mol. The Kier molecular flexibility index (Phi) is 15.0. The molecule has 0 radical (unpaired) electrons. The van der Waals surface area contributed by atoms with E-state index in [0.29, 0.717) is 77.1 Å². The van der Waals surface area contributed by atoms with E-state index in [1.165, 1.54) is 13.2 Å². The van der Waals surface area contributed by atoms with Crippen molar-refractivity contribution in [3.63, 3.8) is 0 Å². The van der Waals surface area contributed by atoms with Gasteiger partial charge in [-0.25, -0.2) is 14.6 Å². The van der Waals surface area contributed by atoms with Crippen molar-refractivity contribution in [3.05, 3.63) is 58.8 Å². The number of nitrogens with one attached hydrogen (secondary N) is 3. The summed E-state index contributed by atoms with van der Waals surface area (Å²) in [4.78, 5) is 68.7. The van der Waals surface area contributed by atoms with Crippen LogP contribution < -0.4 is 10.6 Å². The molecule has 5 heterocycles. The highest BCUT2D eigenvalue weighted by molar-refractivity contribution is 5.88. The van der Waals surface area contributed by atoms with E-state index < -0.39 is 24.4 Å². The Morgan fingerprint density at radius 2 is 1.76 bits per heavy atom. The molecule has 5 amide bonds. The number of halogens is 3. The molecule has 2 aliphatic carbocycles. The third-order valence-corrected chi connectivity index (χ3v) is 14.6. The number of ether oxygens (including phenoxy) is 3. The second-order valence-electron chi connectivity index (χ2n) is 18.9. The van der Waals surface area contributed by atoms with Crippen LogP contribution in [0.25, 0.3) is 17.1 Å². The number of alkyl halides is 3. The number of unbranched alkanes of at least 4 members (excludes halogenated alkanes) is 1. The van der Waals surface area contributed by atoms with Crippen LogP contribution in [0.3, 0.4) is 0 Å². The largest absolute Gasteiger partial charge is 0.572 e. The lowest BCUT2D eigenvalue weighted by molar-refractivity contribution is -0.309. The Morgan fingerprint density at radius 3 is 2.47 bits per heavy atom. The van der Waals surface area contributed by atoms with Crippen LogP contribution in [0, 0.1) is 23.7 Å². The van der Waals surface area contributed by atoms with Gasteiger partial charge in [0.15, 0.2) is 0 Å². The number of carbonyl (C=O) groups excluding carboxylic acids is 4. The molecule has 2 unspecified atom stereocenters. The number of allylic oxidation sites excluding steroid dienone is 4. The molecule has 0 spiro atoms. The Bertz CT molecular complexity index is 2170. The number of alkyl carbamates (subject to hydrolysis) is 1. The molecule has 1 aromatic heterocycles. The van der Waals surface area contributed by atoms with E-state index in [2.05, 4.69) is 39.1 Å². The van der Waals surface area contributed by atoms with Crippen molar-refractivity contribution in [1.82, 2.24) is 40.2 Å². The summed E-state index contributed by atoms with van der Waals surface area (Å²) in [5.41, 5.74) is 3.62. The van der Waals surface area contributed by atoms with Gasteiger partial charge in [-0.1, -0.05) is 44.6 Å². The summed E-state index contributed by atoms with van der Waals surface area (Å²) in [7, 11) is 1.31. The van der Waals surface area contributed by atoms with Crippen molar-refractivity contribution in [2.24, 2.45) is 23.7 Å². The Morgan fingerprint density at radius 1 is 1.00 bits per heavy atom. The number of methoxy groups -OCH3 is 1. The molecule has 2 aromatic rings. The summed E-state index contributed by atoms with van der Waals surface area (Å²) in [6.07, 6.45) is 8.76. The van der Waals surface area contributed by atoms with Crippen molar-refractivity contribution in [3.8, 4) is 0 Å². The van der Waals surface area contributed by atoms with Crippen molar-refractivity contribution in [2.75, 3.05) is 66.1 Å². The minimum Gasteiger partial charge on any atom is -0.453 e. The number of aromatic amines is 1. The summed E-state index contributed by atoms with van der Waals surface area (Å²) >= 11 is 0. The molecule has 6 aliphatic rings. The van der Waals surface area contributed by atoms with Crippen LogP contribution in [0.5, 0.6) is 0 Å². The molecule has 5 atom stereocenters. The summed E-state index contributed by atoms with van der Waals surface area (Å²) < 4.78 is 56.9. The fourth-order valence-corrected chi connectivity index (χ4v) is 10.9. The predicted molar refractivity (Wildman–Crippen MR) is 240 cm³/mol. The lowest BCUT2D eigenvalue weighted by atomic mass is 9.77. The first-order valence-electron chi connectivity index (χ1n) is 23.9. The van der Waals surface area contributed by atoms with E-state index in [1.54, 1.807) is 11.0 Å². The predicted octanol–water partition coefficient (Wildman–Crippen LogP) is 7.03. The third-order valence-electron chi connectivity index (χ3n) is 14.6. The first-order chi connectivity index (χ1) is 31.8. The van der Waals surface area contributed by atoms with Gasteiger partial charge in [-0.05, 0) is 86.8 Å². The van der Waals surface area contributed by atoms with Gasteiger partial charge < -0.3 is 44.5 Å². The SMILES string of the molecule is CCCCC(=O)N1CCC(N2CCN(C(=O)NC3=CCC(C4C=Cc5c(ccc6[nH]c([C@@H]7C[C@H](C)CN7C(=O)C[C@@H](NC(=O)OC)C7CCOCC7)nc56)C4)C(OC(F)(F)F)=C3)CC2)CC1. The average molecular weight is 923 g/mol. The zero-order valence-electron chi connectivity index (χ0n) is 38.4. The van der Waals surface area contributed by atoms with Gasteiger partial charge in [-0.3, -0.25) is 14.5 Å². The van der Waals surface area contributed by atoms with Crippen molar-refractivity contribution >= 4 is 41.0 Å². The number of likely N-dealkylation sites (tertiary alicyclic amines) is 2.